The van der Waals surface area contributed by atoms with Gasteiger partial charge in [0.15, 0.2) is 0 Å². The Morgan fingerprint density at radius 1 is 1.14 bits per heavy atom. The molecule has 2 rings (SSSR count). The van der Waals surface area contributed by atoms with Gasteiger partial charge in [0.25, 0.3) is 0 Å². The molecule has 0 spiro atoms. The molecule has 0 fully saturated rings. The van der Waals surface area contributed by atoms with E-state index in [4.69, 9.17) is 10.5 Å². The lowest BCUT2D eigenvalue weighted by atomic mass is 10.1. The van der Waals surface area contributed by atoms with Gasteiger partial charge in [0.2, 0.25) is 5.88 Å². The molecule has 0 atom stereocenters. The van der Waals surface area contributed by atoms with E-state index in [1.54, 1.807) is 0 Å². The minimum absolute atomic E-state index is 0.597. The summed E-state index contributed by atoms with van der Waals surface area (Å²) in [5.41, 5.74) is 8.94. The summed E-state index contributed by atoms with van der Waals surface area (Å²) in [5.74, 6) is 1.44. The molecule has 0 amide bonds. The average Bonchev–Trinajstić information content (AvgIpc) is 2.50. The van der Waals surface area contributed by atoms with E-state index < -0.39 is 0 Å². The van der Waals surface area contributed by atoms with Gasteiger partial charge in [0.05, 0.1) is 12.2 Å². The van der Waals surface area contributed by atoms with E-state index in [1.807, 2.05) is 13.8 Å². The van der Waals surface area contributed by atoms with E-state index in [-0.39, 0.29) is 0 Å². The van der Waals surface area contributed by atoms with Crippen molar-refractivity contribution in [2.75, 3.05) is 18.5 Å². The van der Waals surface area contributed by atoms with Gasteiger partial charge in [-0.1, -0.05) is 24.3 Å². The minimum atomic E-state index is 0.597. The third kappa shape index (κ3) is 4.16. The number of nitrogens with two attached hydrogens (primary N) is 1. The van der Waals surface area contributed by atoms with Gasteiger partial charge in [-0.15, -0.1) is 0 Å². The number of nitrogens with one attached hydrogen (secondary N) is 1. The molecular formula is C16H22N4O. The van der Waals surface area contributed by atoms with Crippen molar-refractivity contribution in [3.63, 3.8) is 0 Å². The summed E-state index contributed by atoms with van der Waals surface area (Å²) < 4.78 is 5.47. The first-order valence-electron chi connectivity index (χ1n) is 7.20. The zero-order valence-corrected chi connectivity index (χ0v) is 12.6. The monoisotopic (exact) mass is 286 g/mol. The first kappa shape index (κ1) is 15.3. The van der Waals surface area contributed by atoms with Gasteiger partial charge in [-0.25, -0.2) is 9.97 Å². The highest BCUT2D eigenvalue weighted by molar-refractivity contribution is 5.48. The quantitative estimate of drug-likeness (QED) is 0.817. The van der Waals surface area contributed by atoms with Crippen LogP contribution in [0.2, 0.25) is 0 Å². The Balaban J connectivity index is 2.01. The smallest absolute Gasteiger partial charge is 0.221 e. The molecule has 1 aromatic carbocycles. The van der Waals surface area contributed by atoms with Crippen molar-refractivity contribution in [1.29, 1.82) is 0 Å². The first-order valence-corrected chi connectivity index (χ1v) is 7.20. The van der Waals surface area contributed by atoms with Crippen LogP contribution in [0, 0.1) is 6.92 Å². The fraction of sp³-hybridized carbons (Fsp3) is 0.375. The lowest BCUT2D eigenvalue weighted by molar-refractivity contribution is 0.324. The third-order valence-electron chi connectivity index (χ3n) is 3.23. The van der Waals surface area contributed by atoms with Crippen LogP contribution in [0.1, 0.15) is 23.6 Å². The zero-order chi connectivity index (χ0) is 15.1. The molecule has 5 heteroatoms. The summed E-state index contributed by atoms with van der Waals surface area (Å²) >= 11 is 0. The van der Waals surface area contributed by atoms with Crippen molar-refractivity contribution in [2.45, 2.75) is 26.8 Å². The second-order valence-corrected chi connectivity index (χ2v) is 4.79. The number of ether oxygens (including phenoxy) is 1. The number of aromatic nitrogens is 2. The maximum atomic E-state index is 5.55. The van der Waals surface area contributed by atoms with Crippen molar-refractivity contribution in [2.24, 2.45) is 5.73 Å². The number of nitrogens with zero attached hydrogens (tertiary/aromatic N) is 2. The normalized spacial score (nSPS) is 10.4. The van der Waals surface area contributed by atoms with Crippen LogP contribution >= 0.6 is 0 Å². The number of rotatable bonds is 7. The van der Waals surface area contributed by atoms with Crippen LogP contribution < -0.4 is 15.8 Å². The van der Waals surface area contributed by atoms with E-state index in [2.05, 4.69) is 39.6 Å². The molecule has 0 saturated heterocycles. The molecule has 1 heterocycles. The fourth-order valence-electron chi connectivity index (χ4n) is 2.07. The lowest BCUT2D eigenvalue weighted by Gasteiger charge is -2.11. The predicted molar refractivity (Wildman–Crippen MR) is 84.5 cm³/mol. The average molecular weight is 286 g/mol. The van der Waals surface area contributed by atoms with Gasteiger partial charge in [0.1, 0.15) is 12.1 Å². The molecule has 3 N–H and O–H groups in total. The summed E-state index contributed by atoms with van der Waals surface area (Å²) in [5, 5.41) is 3.32. The van der Waals surface area contributed by atoms with E-state index in [0.717, 1.165) is 17.8 Å². The second-order valence-electron chi connectivity index (χ2n) is 4.79. The van der Waals surface area contributed by atoms with E-state index in [1.165, 1.54) is 17.5 Å². The highest BCUT2D eigenvalue weighted by Crippen LogP contribution is 2.20. The van der Waals surface area contributed by atoms with Gasteiger partial charge in [0, 0.05) is 6.54 Å². The molecule has 21 heavy (non-hydrogen) atoms. The zero-order valence-electron chi connectivity index (χ0n) is 12.6. The third-order valence-corrected chi connectivity index (χ3v) is 3.23. The molecular weight excluding hydrogens is 264 g/mol. The molecule has 0 aliphatic carbocycles. The van der Waals surface area contributed by atoms with Crippen LogP contribution in [-0.2, 0) is 13.0 Å². The summed E-state index contributed by atoms with van der Waals surface area (Å²) in [4.78, 5) is 8.40. The summed E-state index contributed by atoms with van der Waals surface area (Å²) in [6, 6.07) is 8.45. The minimum Gasteiger partial charge on any atom is -0.478 e. The number of anilines is 1. The van der Waals surface area contributed by atoms with Gasteiger partial charge in [-0.2, -0.15) is 0 Å². The molecule has 1 aromatic heterocycles. The Bertz CT molecular complexity index is 569. The van der Waals surface area contributed by atoms with Crippen LogP contribution in [0.4, 0.5) is 5.82 Å². The molecule has 0 unspecified atom stereocenters. The maximum Gasteiger partial charge on any atom is 0.221 e. The van der Waals surface area contributed by atoms with Gasteiger partial charge in [-0.3, -0.25) is 0 Å². The van der Waals surface area contributed by atoms with Crippen LogP contribution in [0.5, 0.6) is 5.88 Å². The summed E-state index contributed by atoms with van der Waals surface area (Å²) in [6.45, 7) is 5.89. The highest BCUT2D eigenvalue weighted by atomic mass is 16.5. The molecule has 0 bridgehead atoms. The SMILES string of the molecule is CCOc1ncnc(NCc2ccc(CCN)cc2)c1C. The fourth-order valence-corrected chi connectivity index (χ4v) is 2.07. The highest BCUT2D eigenvalue weighted by Gasteiger charge is 2.07. The summed E-state index contributed by atoms with van der Waals surface area (Å²) in [7, 11) is 0. The van der Waals surface area contributed by atoms with Crippen LogP contribution in [-0.4, -0.2) is 23.1 Å². The van der Waals surface area contributed by atoms with Crippen LogP contribution in [0.25, 0.3) is 0 Å². The predicted octanol–water partition coefficient (Wildman–Crippen LogP) is 2.30. The standard InChI is InChI=1S/C16H22N4O/c1-3-21-16-12(2)15(19-11-20-16)18-10-14-6-4-13(5-7-14)8-9-17/h4-7,11H,3,8-10,17H2,1-2H3,(H,18,19,20). The Morgan fingerprint density at radius 2 is 1.86 bits per heavy atom. The van der Waals surface area contributed by atoms with Crippen LogP contribution in [0.3, 0.4) is 0 Å². The van der Waals surface area contributed by atoms with E-state index in [9.17, 15) is 0 Å². The van der Waals surface area contributed by atoms with E-state index >= 15 is 0 Å². The first-order chi connectivity index (χ1) is 10.2. The molecule has 0 aliphatic heterocycles. The molecule has 5 nitrogen and oxygen atoms in total. The molecule has 112 valence electrons. The Morgan fingerprint density at radius 3 is 2.52 bits per heavy atom. The van der Waals surface area contributed by atoms with Gasteiger partial charge < -0.3 is 15.8 Å². The Kier molecular flexibility index (Phi) is 5.51. The molecule has 0 saturated carbocycles. The topological polar surface area (TPSA) is 73.1 Å². The maximum absolute atomic E-state index is 5.55. The van der Waals surface area contributed by atoms with Crippen molar-refractivity contribution < 1.29 is 4.74 Å². The van der Waals surface area contributed by atoms with Gasteiger partial charge >= 0.3 is 0 Å². The van der Waals surface area contributed by atoms with Gasteiger partial charge in [-0.05, 0) is 37.9 Å². The summed E-state index contributed by atoms with van der Waals surface area (Å²) in [6.07, 6.45) is 2.43. The second kappa shape index (κ2) is 7.59. The largest absolute Gasteiger partial charge is 0.478 e. The van der Waals surface area contributed by atoms with Crippen molar-refractivity contribution >= 4 is 5.82 Å². The number of benzene rings is 1. The Labute approximate surface area is 125 Å². The van der Waals surface area contributed by atoms with Crippen molar-refractivity contribution in [1.82, 2.24) is 9.97 Å². The lowest BCUT2D eigenvalue weighted by Crippen LogP contribution is -2.06. The molecule has 0 radical (unpaired) electrons. The van der Waals surface area contributed by atoms with Crippen molar-refractivity contribution in [3.05, 3.63) is 47.3 Å². The van der Waals surface area contributed by atoms with Crippen LogP contribution in [0.15, 0.2) is 30.6 Å². The molecule has 0 aliphatic rings. The Hall–Kier alpha value is -2.14. The molecule has 2 aromatic rings. The number of hydrogen-bond acceptors (Lipinski definition) is 5. The van der Waals surface area contributed by atoms with E-state index in [0.29, 0.717) is 25.6 Å². The van der Waals surface area contributed by atoms with Crippen molar-refractivity contribution in [3.8, 4) is 5.88 Å². The number of hydrogen-bond donors (Lipinski definition) is 2.